The lowest BCUT2D eigenvalue weighted by molar-refractivity contribution is -0.909. The van der Waals surface area contributed by atoms with Gasteiger partial charge >= 0.3 is 0 Å². The highest BCUT2D eigenvalue weighted by molar-refractivity contribution is 6.32. The summed E-state index contributed by atoms with van der Waals surface area (Å²) in [4.78, 5) is 1.36. The average Bonchev–Trinajstić information content (AvgIpc) is 2.30. The Morgan fingerprint density at radius 2 is 1.82 bits per heavy atom. The number of alkyl halides is 2. The van der Waals surface area contributed by atoms with E-state index in [2.05, 4.69) is 0 Å². The zero-order chi connectivity index (χ0) is 12.7. The Morgan fingerprint density at radius 3 is 2.29 bits per heavy atom. The smallest absolute Gasteiger partial charge is 0.137 e. The summed E-state index contributed by atoms with van der Waals surface area (Å²) in [6, 6.07) is 5.84. The summed E-state index contributed by atoms with van der Waals surface area (Å²) in [7, 11) is 1.61. The van der Waals surface area contributed by atoms with Crippen LogP contribution >= 0.6 is 34.8 Å². The zero-order valence-corrected chi connectivity index (χ0v) is 12.1. The van der Waals surface area contributed by atoms with E-state index in [4.69, 9.17) is 39.5 Å². The molecular formula is C12H17Cl3NO+. The van der Waals surface area contributed by atoms with E-state index >= 15 is 0 Å². The number of halogens is 3. The van der Waals surface area contributed by atoms with Crippen LogP contribution in [0.3, 0.4) is 0 Å². The fourth-order valence-electron chi connectivity index (χ4n) is 1.68. The van der Waals surface area contributed by atoms with Crippen LogP contribution in [0.15, 0.2) is 18.2 Å². The molecule has 1 rings (SSSR count). The summed E-state index contributed by atoms with van der Waals surface area (Å²) in [6.07, 6.45) is 0. The van der Waals surface area contributed by atoms with Gasteiger partial charge in [-0.05, 0) is 18.2 Å². The molecule has 0 spiro atoms. The van der Waals surface area contributed by atoms with Gasteiger partial charge in [0.1, 0.15) is 12.3 Å². The van der Waals surface area contributed by atoms with Crippen LogP contribution in [0.1, 0.15) is 5.56 Å². The molecule has 0 bridgehead atoms. The molecular weight excluding hydrogens is 280 g/mol. The first-order valence-electron chi connectivity index (χ1n) is 5.49. The van der Waals surface area contributed by atoms with E-state index in [9.17, 15) is 0 Å². The summed E-state index contributed by atoms with van der Waals surface area (Å²) >= 11 is 17.6. The quantitative estimate of drug-likeness (QED) is 0.762. The van der Waals surface area contributed by atoms with Crippen LogP contribution in [-0.2, 0) is 6.54 Å². The van der Waals surface area contributed by atoms with E-state index in [1.807, 2.05) is 18.2 Å². The highest BCUT2D eigenvalue weighted by atomic mass is 35.5. The molecule has 1 N–H and O–H groups in total. The Hall–Kier alpha value is -0.150. The van der Waals surface area contributed by atoms with Crippen LogP contribution in [0.25, 0.3) is 0 Å². The van der Waals surface area contributed by atoms with Gasteiger partial charge in [0.05, 0.1) is 37.0 Å². The highest BCUT2D eigenvalue weighted by Crippen LogP contribution is 2.24. The molecule has 1 aromatic rings. The van der Waals surface area contributed by atoms with Crippen molar-refractivity contribution in [2.24, 2.45) is 0 Å². The second-order valence-corrected chi connectivity index (χ2v) is 4.94. The Labute approximate surface area is 117 Å². The predicted octanol–water partition coefficient (Wildman–Crippen LogP) is 2.21. The maximum absolute atomic E-state index is 6.08. The molecule has 0 aliphatic rings. The molecule has 0 saturated heterocycles. The number of rotatable bonds is 7. The van der Waals surface area contributed by atoms with Gasteiger partial charge in [-0.2, -0.15) is 0 Å². The van der Waals surface area contributed by atoms with Crippen LogP contribution in [0.5, 0.6) is 5.75 Å². The van der Waals surface area contributed by atoms with Gasteiger partial charge in [-0.15, -0.1) is 23.2 Å². The van der Waals surface area contributed by atoms with Gasteiger partial charge in [0, 0.05) is 5.56 Å². The van der Waals surface area contributed by atoms with Crippen LogP contribution in [0.2, 0.25) is 5.02 Å². The number of hydrogen-bond acceptors (Lipinski definition) is 1. The molecule has 0 unspecified atom stereocenters. The topological polar surface area (TPSA) is 13.7 Å². The fraction of sp³-hybridized carbons (Fsp3) is 0.500. The molecule has 0 atom stereocenters. The Bertz CT molecular complexity index is 341. The molecule has 0 aliphatic carbocycles. The average molecular weight is 298 g/mol. The maximum atomic E-state index is 6.08. The highest BCUT2D eigenvalue weighted by Gasteiger charge is 2.10. The zero-order valence-electron chi connectivity index (χ0n) is 9.81. The molecule has 96 valence electrons. The van der Waals surface area contributed by atoms with Crippen molar-refractivity contribution in [2.45, 2.75) is 6.54 Å². The van der Waals surface area contributed by atoms with Gasteiger partial charge in [-0.25, -0.2) is 0 Å². The first-order chi connectivity index (χ1) is 8.21. The first kappa shape index (κ1) is 14.9. The molecule has 17 heavy (non-hydrogen) atoms. The van der Waals surface area contributed by atoms with E-state index in [1.165, 1.54) is 10.5 Å². The lowest BCUT2D eigenvalue weighted by atomic mass is 10.2. The van der Waals surface area contributed by atoms with Crippen molar-refractivity contribution >= 4 is 34.8 Å². The number of ether oxygens (including phenoxy) is 1. The monoisotopic (exact) mass is 296 g/mol. The van der Waals surface area contributed by atoms with Gasteiger partial charge in [0.15, 0.2) is 0 Å². The molecule has 0 saturated carbocycles. The van der Waals surface area contributed by atoms with E-state index in [0.717, 1.165) is 19.6 Å². The largest absolute Gasteiger partial charge is 0.495 e. The minimum atomic E-state index is 0.635. The third-order valence-electron chi connectivity index (χ3n) is 2.57. The first-order valence-corrected chi connectivity index (χ1v) is 6.94. The lowest BCUT2D eigenvalue weighted by Crippen LogP contribution is -3.11. The molecule has 1 aromatic carbocycles. The second-order valence-electron chi connectivity index (χ2n) is 3.77. The lowest BCUT2D eigenvalue weighted by Gasteiger charge is -2.17. The van der Waals surface area contributed by atoms with Crippen molar-refractivity contribution in [2.75, 3.05) is 32.0 Å². The molecule has 0 heterocycles. The van der Waals surface area contributed by atoms with Crippen LogP contribution in [0, 0.1) is 0 Å². The second kappa shape index (κ2) is 8.04. The Balaban J connectivity index is 2.68. The molecule has 0 fully saturated rings. The van der Waals surface area contributed by atoms with Crippen LogP contribution in [0.4, 0.5) is 0 Å². The maximum Gasteiger partial charge on any atom is 0.137 e. The fourth-order valence-corrected chi connectivity index (χ4v) is 2.49. The van der Waals surface area contributed by atoms with Gasteiger partial charge < -0.3 is 9.64 Å². The van der Waals surface area contributed by atoms with E-state index < -0.39 is 0 Å². The minimum Gasteiger partial charge on any atom is -0.495 e. The van der Waals surface area contributed by atoms with Crippen molar-refractivity contribution in [1.82, 2.24) is 0 Å². The van der Waals surface area contributed by atoms with Gasteiger partial charge in [0.25, 0.3) is 0 Å². The van der Waals surface area contributed by atoms with Crippen molar-refractivity contribution in [3.8, 4) is 5.75 Å². The van der Waals surface area contributed by atoms with E-state index in [0.29, 0.717) is 22.5 Å². The molecule has 0 aliphatic heterocycles. The van der Waals surface area contributed by atoms with Crippen molar-refractivity contribution in [3.63, 3.8) is 0 Å². The minimum absolute atomic E-state index is 0.635. The van der Waals surface area contributed by atoms with E-state index in [1.54, 1.807) is 7.11 Å². The number of methoxy groups -OCH3 is 1. The third-order valence-corrected chi connectivity index (χ3v) is 3.24. The van der Waals surface area contributed by atoms with Gasteiger partial charge in [-0.1, -0.05) is 11.6 Å². The third kappa shape index (κ3) is 4.92. The molecule has 5 heteroatoms. The summed E-state index contributed by atoms with van der Waals surface area (Å²) in [5, 5.41) is 0.640. The number of quaternary nitrogens is 1. The standard InChI is InChI=1S/C12H16Cl3NO/c1-17-12-3-2-10(8-11(12)15)9-16(6-4-13)7-5-14/h2-3,8H,4-7,9H2,1H3/p+1. The predicted molar refractivity (Wildman–Crippen MR) is 73.8 cm³/mol. The SMILES string of the molecule is COc1ccc(C[NH+](CCCl)CCCl)cc1Cl. The Kier molecular flexibility index (Phi) is 7.05. The summed E-state index contributed by atoms with van der Waals surface area (Å²) in [5.41, 5.74) is 1.17. The molecule has 0 radical (unpaired) electrons. The summed E-state index contributed by atoms with van der Waals surface area (Å²) < 4.78 is 5.12. The molecule has 0 aromatic heterocycles. The van der Waals surface area contributed by atoms with Crippen molar-refractivity contribution in [1.29, 1.82) is 0 Å². The summed E-state index contributed by atoms with van der Waals surface area (Å²) in [6.45, 7) is 2.68. The van der Waals surface area contributed by atoms with Gasteiger partial charge in [-0.3, -0.25) is 0 Å². The molecule has 0 amide bonds. The normalized spacial score (nSPS) is 10.9. The molecule has 2 nitrogen and oxygen atoms in total. The van der Waals surface area contributed by atoms with Gasteiger partial charge in [0.2, 0.25) is 0 Å². The van der Waals surface area contributed by atoms with Crippen molar-refractivity contribution in [3.05, 3.63) is 28.8 Å². The van der Waals surface area contributed by atoms with E-state index in [-0.39, 0.29) is 0 Å². The number of nitrogens with one attached hydrogen (secondary N) is 1. The van der Waals surface area contributed by atoms with Crippen LogP contribution < -0.4 is 9.64 Å². The number of benzene rings is 1. The number of hydrogen-bond donors (Lipinski definition) is 1. The summed E-state index contributed by atoms with van der Waals surface area (Å²) in [5.74, 6) is 1.97. The van der Waals surface area contributed by atoms with Crippen LogP contribution in [-0.4, -0.2) is 32.0 Å². The Morgan fingerprint density at radius 1 is 1.18 bits per heavy atom. The van der Waals surface area contributed by atoms with Crippen molar-refractivity contribution < 1.29 is 9.64 Å².